The van der Waals surface area contributed by atoms with E-state index in [-0.39, 0.29) is 31.7 Å². The number of hydrogen-bond donors (Lipinski definition) is 0. The van der Waals surface area contributed by atoms with Crippen LogP contribution in [0.15, 0.2) is 176 Å². The Morgan fingerprint density at radius 3 is 0.732 bits per heavy atom. The number of benzene rings is 6. The predicted molar refractivity (Wildman–Crippen MR) is 620 cm³/mol. The molecule has 2 aromatic heterocycles. The molecule has 0 spiro atoms. The summed E-state index contributed by atoms with van der Waals surface area (Å²) in [6.07, 6.45) is 110. The number of rotatable bonds is 20. The number of hydrogen-bond acceptors (Lipinski definition) is 0. The molecule has 15 aliphatic rings. The van der Waals surface area contributed by atoms with Crippen LogP contribution in [-0.4, -0.2) is 86.3 Å². The van der Waals surface area contributed by atoms with Crippen LogP contribution < -0.4 is 0 Å². The van der Waals surface area contributed by atoms with Crippen molar-refractivity contribution in [3.05, 3.63) is 187 Å². The molecule has 2 heterocycles. The SMILES string of the molecule is C1=CC2CC1CC2Cn1c2ccccc2c2ccccc21.C1CCC([PH+](C2CCCCC2)C2CCCCC2)CC1.C1CCC([PH+](C2CCCCC2)C2CCCCC2)CC1.C1CCC([PH+](C2CCCCC2)C2CCCCC2)CC1.C1CCC([PH+](C2CCCCC2)C2CCCCC2)CC1.[Cl][Ru]([Cl])=[CH]C1CC(/C=C\c2ccccc2)CC1Cn1c2ccccc2c2ccccc21.[Cl][Ru]([Cl])=[CH]c1ccccc1. The van der Waals surface area contributed by atoms with Crippen LogP contribution in [0.25, 0.3) is 49.7 Å². The second-order valence-electron chi connectivity index (χ2n) is 46.8. The van der Waals surface area contributed by atoms with Gasteiger partial charge in [-0.25, -0.2) is 0 Å². The van der Waals surface area contributed by atoms with Crippen molar-refractivity contribution in [2.45, 2.75) is 492 Å². The first kappa shape index (κ1) is 108. The summed E-state index contributed by atoms with van der Waals surface area (Å²) in [5.74, 6) is 4.06. The molecule has 8 aromatic rings. The molecule has 2 nitrogen and oxygen atoms in total. The van der Waals surface area contributed by atoms with Crippen molar-refractivity contribution < 1.29 is 27.0 Å². The van der Waals surface area contributed by atoms with Crippen LogP contribution in [0.2, 0.25) is 0 Å². The van der Waals surface area contributed by atoms with E-state index in [1.165, 1.54) is 143 Å². The number of halogens is 4. The zero-order chi connectivity index (χ0) is 94.1. The molecule has 6 unspecified atom stereocenters. The van der Waals surface area contributed by atoms with Gasteiger partial charge in [0.05, 0.1) is 67.9 Å². The number of para-hydroxylation sites is 4. The molecule has 138 heavy (non-hydrogen) atoms. The summed E-state index contributed by atoms with van der Waals surface area (Å²) in [6.45, 7) is 2.17. The Balaban J connectivity index is 0.000000113. The Bertz CT molecular complexity index is 4410. The molecule has 2 bridgehead atoms. The average molecular weight is 2200 g/mol. The minimum atomic E-state index is -1.82. The first-order chi connectivity index (χ1) is 68.2. The maximum atomic E-state index is 6.34. The fraction of sp³-hybridized carbons (Fsp3) is 0.667. The molecular weight excluding hydrogens is 2010 g/mol. The minimum absolute atomic E-state index is 0.0465. The maximum absolute atomic E-state index is 6.34. The van der Waals surface area contributed by atoms with E-state index in [1.54, 1.807) is 385 Å². The van der Waals surface area contributed by atoms with Gasteiger partial charge >= 0.3 is 271 Å². The van der Waals surface area contributed by atoms with Crippen molar-refractivity contribution >= 4 is 129 Å². The summed E-state index contributed by atoms with van der Waals surface area (Å²) < 4.78 is 9.28. The van der Waals surface area contributed by atoms with E-state index >= 15 is 0 Å². The second-order valence-corrected chi connectivity index (χ2v) is 72.1. The van der Waals surface area contributed by atoms with Gasteiger partial charge in [-0.1, -0.05) is 126 Å². The van der Waals surface area contributed by atoms with Gasteiger partial charge in [-0.3, -0.25) is 0 Å². The molecule has 6 aromatic carbocycles. The predicted octanol–water partition coefficient (Wildman–Crippen LogP) is 40.4. The topological polar surface area (TPSA) is 9.86 Å². The molecule has 760 valence electrons. The summed E-state index contributed by atoms with van der Waals surface area (Å²) in [6, 6.07) is 55.7. The van der Waals surface area contributed by atoms with Gasteiger partial charge in [0.15, 0.2) is 0 Å². The van der Waals surface area contributed by atoms with Crippen molar-refractivity contribution in [1.82, 2.24) is 9.13 Å². The summed E-state index contributed by atoms with van der Waals surface area (Å²) in [4.78, 5) is 0. The van der Waals surface area contributed by atoms with Crippen LogP contribution in [0.4, 0.5) is 0 Å². The van der Waals surface area contributed by atoms with E-state index in [1.807, 2.05) is 34.9 Å². The third-order valence-electron chi connectivity index (χ3n) is 37.9. The monoisotopic (exact) mass is 2200 g/mol. The van der Waals surface area contributed by atoms with E-state index in [4.69, 9.17) is 38.8 Å². The fourth-order valence-electron chi connectivity index (χ4n) is 31.5. The summed E-state index contributed by atoms with van der Waals surface area (Å²) in [7, 11) is 23.8. The van der Waals surface area contributed by atoms with Crippen LogP contribution >= 0.6 is 70.5 Å². The first-order valence-corrected chi connectivity index (χ1v) is 76.6. The molecule has 14 fully saturated rings. The molecule has 0 aliphatic heterocycles. The molecule has 6 atom stereocenters. The summed E-state index contributed by atoms with van der Waals surface area (Å²) in [5, 5.41) is 5.46. The molecule has 15 aliphatic carbocycles. The second kappa shape index (κ2) is 58.4. The third kappa shape index (κ3) is 31.2. The molecular formula is C126H186Cl4N2P4Ru2+4. The van der Waals surface area contributed by atoms with Gasteiger partial charge < -0.3 is 4.57 Å². The van der Waals surface area contributed by atoms with Gasteiger partial charge in [-0.2, -0.15) is 0 Å². The number of nitrogens with zero attached hydrogens (tertiary/aromatic N) is 2. The van der Waals surface area contributed by atoms with Crippen LogP contribution in [0.1, 0.15) is 422 Å². The molecule has 0 radical (unpaired) electrons. The first-order valence-electron chi connectivity index (χ1n) is 58.7. The Kier molecular flexibility index (Phi) is 45.5. The van der Waals surface area contributed by atoms with E-state index in [0.717, 1.165) is 36.3 Å². The van der Waals surface area contributed by atoms with E-state index in [9.17, 15) is 0 Å². The zero-order valence-corrected chi connectivity index (χ0v) is 96.1. The van der Waals surface area contributed by atoms with E-state index in [2.05, 4.69) is 165 Å². The standard InChI is InChI=1S/C27H25N.C20H19N.4C18H33P.C7H6.4ClH.2Ru/c1-20-17-22(16-15-21-9-3-2-4-10-21)18-23(20)19-28-26-13-7-5-11-24(26)25-12-6-8-14-27(25)28;1-3-7-19-17(5-1)18-6-2-4-8-20(18)21(19)13-16-12-14-9-10-15(16)11-14;4*1-4-10-16(11-5-1)19(17-12-6-2-7-13-17)18-14-8-3-9-15-18;1-7-5-3-2-4-6-7;;;;;;/h1-16,20,22-23H,17-19H2;1-10,14-16H,11-13H2;4*16-18H,1-15H2;1-6H;4*1H;;/q;;;;;;;;;;;2*+2/b16-15-;;;;;;;;;;;;. The Hall–Kier alpha value is -1.73. The van der Waals surface area contributed by atoms with Gasteiger partial charge in [0, 0.05) is 60.0 Å². The van der Waals surface area contributed by atoms with E-state index < -0.39 is 27.0 Å². The molecule has 0 saturated heterocycles. The van der Waals surface area contributed by atoms with Crippen LogP contribution in [-0.2, 0) is 40.1 Å². The number of aromatic nitrogens is 2. The van der Waals surface area contributed by atoms with Gasteiger partial charge in [-0.05, 0) is 351 Å². The Labute approximate surface area is 872 Å². The van der Waals surface area contributed by atoms with Crippen molar-refractivity contribution in [2.24, 2.45) is 35.5 Å². The van der Waals surface area contributed by atoms with E-state index in [0.29, 0.717) is 17.8 Å². The Morgan fingerprint density at radius 2 is 0.493 bits per heavy atom. The third-order valence-corrected chi connectivity index (χ3v) is 60.3. The van der Waals surface area contributed by atoms with Crippen LogP contribution in [0, 0.1) is 35.5 Å². The molecule has 0 N–H and O–H groups in total. The summed E-state index contributed by atoms with van der Waals surface area (Å²) in [5.41, 5.74) is 22.5. The zero-order valence-electron chi connectivity index (χ0n) is 85.6. The molecule has 14 saturated carbocycles. The quantitative estimate of drug-likeness (QED) is 0.0409. The molecule has 12 heteroatoms. The molecule has 0 amide bonds. The Morgan fingerprint density at radius 1 is 0.246 bits per heavy atom. The van der Waals surface area contributed by atoms with Crippen molar-refractivity contribution in [3.63, 3.8) is 0 Å². The fourth-order valence-corrected chi connectivity index (χ4v) is 56.8. The number of allylic oxidation sites excluding steroid dienone is 3. The van der Waals surface area contributed by atoms with Crippen molar-refractivity contribution in [2.75, 3.05) is 0 Å². The van der Waals surface area contributed by atoms with Crippen LogP contribution in [0.3, 0.4) is 0 Å². The van der Waals surface area contributed by atoms with Crippen molar-refractivity contribution in [3.8, 4) is 0 Å². The van der Waals surface area contributed by atoms with Crippen molar-refractivity contribution in [1.29, 1.82) is 0 Å². The van der Waals surface area contributed by atoms with Gasteiger partial charge in [0.2, 0.25) is 0 Å². The number of fused-ring (bicyclic) bond motifs is 8. The van der Waals surface area contributed by atoms with Gasteiger partial charge in [-0.15, -0.1) is 0 Å². The van der Waals surface area contributed by atoms with Gasteiger partial charge in [0.25, 0.3) is 0 Å². The normalized spacial score (nSPS) is 25.7. The average Bonchev–Trinajstić information content (AvgIpc) is 1.59. The summed E-state index contributed by atoms with van der Waals surface area (Å²) >= 11 is -3.43. The van der Waals surface area contributed by atoms with Gasteiger partial charge in [0.1, 0.15) is 0 Å². The molecule has 23 rings (SSSR count). The van der Waals surface area contributed by atoms with Crippen LogP contribution in [0.5, 0.6) is 0 Å².